The lowest BCUT2D eigenvalue weighted by atomic mass is 10.1. The molecular formula is C22H24N2O5. The van der Waals surface area contributed by atoms with Gasteiger partial charge in [0.2, 0.25) is 0 Å². The second-order valence-electron chi connectivity index (χ2n) is 7.43. The van der Waals surface area contributed by atoms with Gasteiger partial charge in [-0.2, -0.15) is 0 Å². The summed E-state index contributed by atoms with van der Waals surface area (Å²) in [7, 11) is 3.07. The number of carbonyl (C=O) groups is 2. The van der Waals surface area contributed by atoms with Crippen LogP contribution in [0.15, 0.2) is 48.7 Å². The third-order valence-corrected chi connectivity index (χ3v) is 4.20. The van der Waals surface area contributed by atoms with Gasteiger partial charge in [0.1, 0.15) is 17.1 Å². The molecule has 1 heterocycles. The highest BCUT2D eigenvalue weighted by molar-refractivity contribution is 6.14. The van der Waals surface area contributed by atoms with Crippen LogP contribution in [-0.4, -0.2) is 36.4 Å². The molecule has 3 aromatic rings. The number of nitrogens with zero attached hydrogens (tertiary/aromatic N) is 1. The molecule has 29 heavy (non-hydrogen) atoms. The molecule has 0 unspecified atom stereocenters. The Bertz CT molecular complexity index is 1060. The number of nitrogens with one attached hydrogen (secondary N) is 1. The van der Waals surface area contributed by atoms with Crippen molar-refractivity contribution >= 4 is 28.6 Å². The van der Waals surface area contributed by atoms with Gasteiger partial charge in [-0.1, -0.05) is 18.2 Å². The second-order valence-corrected chi connectivity index (χ2v) is 7.43. The second kappa shape index (κ2) is 7.87. The maximum absolute atomic E-state index is 13.0. The Kier molecular flexibility index (Phi) is 5.50. The first kappa shape index (κ1) is 20.3. The van der Waals surface area contributed by atoms with Crippen molar-refractivity contribution < 1.29 is 23.8 Å². The standard InChI is InChI=1S/C22H24N2O5/c1-22(2,3)29-21(26)24-13-16(15-8-6-7-9-18(15)24)20(25)23-17-11-10-14(27-4)12-19(17)28-5/h6-13H,1-5H3,(H,23,25). The topological polar surface area (TPSA) is 78.8 Å². The largest absolute Gasteiger partial charge is 0.497 e. The van der Waals surface area contributed by atoms with E-state index in [0.717, 1.165) is 0 Å². The van der Waals surface area contributed by atoms with Crippen molar-refractivity contribution in [1.29, 1.82) is 0 Å². The molecule has 1 amide bonds. The first-order chi connectivity index (χ1) is 13.7. The van der Waals surface area contributed by atoms with Gasteiger partial charge >= 0.3 is 6.09 Å². The van der Waals surface area contributed by atoms with Crippen LogP contribution in [0.3, 0.4) is 0 Å². The fourth-order valence-corrected chi connectivity index (χ4v) is 2.91. The van der Waals surface area contributed by atoms with Crippen LogP contribution in [0.2, 0.25) is 0 Å². The molecule has 0 aliphatic rings. The van der Waals surface area contributed by atoms with E-state index in [1.165, 1.54) is 17.9 Å². The number of hydrogen-bond donors (Lipinski definition) is 1. The van der Waals surface area contributed by atoms with E-state index in [1.54, 1.807) is 64.3 Å². The van der Waals surface area contributed by atoms with Crippen LogP contribution in [-0.2, 0) is 4.74 Å². The summed E-state index contributed by atoms with van der Waals surface area (Å²) in [6, 6.07) is 12.3. The number of methoxy groups -OCH3 is 2. The van der Waals surface area contributed by atoms with E-state index >= 15 is 0 Å². The maximum atomic E-state index is 13.0. The van der Waals surface area contributed by atoms with Crippen LogP contribution in [0.1, 0.15) is 31.1 Å². The molecule has 3 rings (SSSR count). The summed E-state index contributed by atoms with van der Waals surface area (Å²) >= 11 is 0. The fourth-order valence-electron chi connectivity index (χ4n) is 2.91. The minimum atomic E-state index is -0.651. The number of ether oxygens (including phenoxy) is 3. The molecular weight excluding hydrogens is 372 g/mol. The molecule has 152 valence electrons. The summed E-state index contributed by atoms with van der Waals surface area (Å²) in [5.41, 5.74) is 0.784. The molecule has 1 aromatic heterocycles. The predicted molar refractivity (Wildman–Crippen MR) is 111 cm³/mol. The fraction of sp³-hybridized carbons (Fsp3) is 0.273. The predicted octanol–water partition coefficient (Wildman–Crippen LogP) is 4.69. The molecule has 0 radical (unpaired) electrons. The molecule has 1 N–H and O–H groups in total. The van der Waals surface area contributed by atoms with Crippen molar-refractivity contribution in [3.05, 3.63) is 54.2 Å². The van der Waals surface area contributed by atoms with Gasteiger partial charge < -0.3 is 19.5 Å². The van der Waals surface area contributed by atoms with Gasteiger partial charge in [-0.3, -0.25) is 9.36 Å². The Balaban J connectivity index is 1.98. The van der Waals surface area contributed by atoms with Crippen LogP contribution < -0.4 is 14.8 Å². The molecule has 0 aliphatic heterocycles. The van der Waals surface area contributed by atoms with E-state index < -0.39 is 11.7 Å². The zero-order valence-electron chi connectivity index (χ0n) is 17.1. The summed E-state index contributed by atoms with van der Waals surface area (Å²) in [4.78, 5) is 25.6. The highest BCUT2D eigenvalue weighted by Gasteiger charge is 2.23. The van der Waals surface area contributed by atoms with Crippen LogP contribution in [0, 0.1) is 0 Å². The molecule has 0 spiro atoms. The van der Waals surface area contributed by atoms with E-state index in [2.05, 4.69) is 5.32 Å². The summed E-state index contributed by atoms with van der Waals surface area (Å²) in [5, 5.41) is 3.48. The first-order valence-corrected chi connectivity index (χ1v) is 9.10. The lowest BCUT2D eigenvalue weighted by molar-refractivity contribution is 0.0544. The molecule has 0 bridgehead atoms. The molecule has 0 fully saturated rings. The van der Waals surface area contributed by atoms with Crippen LogP contribution in [0.4, 0.5) is 10.5 Å². The van der Waals surface area contributed by atoms with Crippen molar-refractivity contribution in [3.63, 3.8) is 0 Å². The van der Waals surface area contributed by atoms with Crippen LogP contribution >= 0.6 is 0 Å². The number of hydrogen-bond acceptors (Lipinski definition) is 5. The van der Waals surface area contributed by atoms with E-state index in [0.29, 0.717) is 33.7 Å². The van der Waals surface area contributed by atoms with Gasteiger partial charge in [0.25, 0.3) is 5.91 Å². The summed E-state index contributed by atoms with van der Waals surface area (Å²) in [6.45, 7) is 5.38. The van der Waals surface area contributed by atoms with Gasteiger partial charge in [-0.05, 0) is 39.0 Å². The molecule has 0 saturated carbocycles. The Morgan fingerprint density at radius 3 is 2.38 bits per heavy atom. The van der Waals surface area contributed by atoms with E-state index in [4.69, 9.17) is 14.2 Å². The Labute approximate surface area is 169 Å². The van der Waals surface area contributed by atoms with Gasteiger partial charge in [-0.25, -0.2) is 4.79 Å². The molecule has 0 aliphatic carbocycles. The van der Waals surface area contributed by atoms with Crippen molar-refractivity contribution in [2.75, 3.05) is 19.5 Å². The molecule has 0 atom stereocenters. The minimum Gasteiger partial charge on any atom is -0.497 e. The van der Waals surface area contributed by atoms with Gasteiger partial charge in [0.15, 0.2) is 0 Å². The quantitative estimate of drug-likeness (QED) is 0.692. The highest BCUT2D eigenvalue weighted by atomic mass is 16.6. The number of para-hydroxylation sites is 1. The summed E-state index contributed by atoms with van der Waals surface area (Å²) < 4.78 is 17.3. The minimum absolute atomic E-state index is 0.351. The average Bonchev–Trinajstić information content (AvgIpc) is 3.07. The van der Waals surface area contributed by atoms with Gasteiger partial charge in [0, 0.05) is 17.6 Å². The number of rotatable bonds is 4. The number of anilines is 1. The number of aromatic nitrogens is 1. The number of fused-ring (bicyclic) bond motifs is 1. The lowest BCUT2D eigenvalue weighted by Gasteiger charge is -2.19. The maximum Gasteiger partial charge on any atom is 0.419 e. The van der Waals surface area contributed by atoms with E-state index in [-0.39, 0.29) is 5.91 Å². The lowest BCUT2D eigenvalue weighted by Crippen LogP contribution is -2.26. The monoisotopic (exact) mass is 396 g/mol. The number of benzene rings is 2. The Morgan fingerprint density at radius 2 is 1.72 bits per heavy atom. The Morgan fingerprint density at radius 1 is 1.00 bits per heavy atom. The zero-order valence-corrected chi connectivity index (χ0v) is 17.1. The highest BCUT2D eigenvalue weighted by Crippen LogP contribution is 2.30. The normalized spacial score (nSPS) is 11.2. The molecule has 7 heteroatoms. The van der Waals surface area contributed by atoms with Crippen molar-refractivity contribution in [2.45, 2.75) is 26.4 Å². The number of amides is 1. The van der Waals surface area contributed by atoms with E-state index in [1.807, 2.05) is 6.07 Å². The third kappa shape index (κ3) is 4.34. The van der Waals surface area contributed by atoms with Gasteiger partial charge in [-0.15, -0.1) is 0 Å². The van der Waals surface area contributed by atoms with Crippen LogP contribution in [0.5, 0.6) is 11.5 Å². The smallest absolute Gasteiger partial charge is 0.419 e. The van der Waals surface area contributed by atoms with Crippen molar-refractivity contribution in [2.24, 2.45) is 0 Å². The van der Waals surface area contributed by atoms with E-state index in [9.17, 15) is 9.59 Å². The first-order valence-electron chi connectivity index (χ1n) is 9.10. The third-order valence-electron chi connectivity index (χ3n) is 4.20. The Hall–Kier alpha value is -3.48. The summed E-state index contributed by atoms with van der Waals surface area (Å²) in [6.07, 6.45) is 0.944. The summed E-state index contributed by atoms with van der Waals surface area (Å²) in [5.74, 6) is 0.710. The zero-order chi connectivity index (χ0) is 21.2. The van der Waals surface area contributed by atoms with Crippen molar-refractivity contribution in [3.8, 4) is 11.5 Å². The van der Waals surface area contributed by atoms with Gasteiger partial charge in [0.05, 0.1) is 31.0 Å². The number of carbonyl (C=O) groups excluding carboxylic acids is 2. The SMILES string of the molecule is COc1ccc(NC(=O)c2cn(C(=O)OC(C)(C)C)c3ccccc23)c(OC)c1. The van der Waals surface area contributed by atoms with Crippen LogP contribution in [0.25, 0.3) is 10.9 Å². The molecule has 7 nitrogen and oxygen atoms in total. The van der Waals surface area contributed by atoms with Crippen molar-refractivity contribution in [1.82, 2.24) is 4.57 Å². The average molecular weight is 396 g/mol. The molecule has 2 aromatic carbocycles. The molecule has 0 saturated heterocycles.